The summed E-state index contributed by atoms with van der Waals surface area (Å²) in [6.45, 7) is 0. The molecule has 0 saturated carbocycles. The second kappa shape index (κ2) is 6.19. The van der Waals surface area contributed by atoms with Crippen LogP contribution < -0.4 is 9.47 Å². The molecule has 0 aromatic heterocycles. The quantitative estimate of drug-likeness (QED) is 0.485. The Morgan fingerprint density at radius 1 is 1.38 bits per heavy atom. The summed E-state index contributed by atoms with van der Waals surface area (Å²) in [5.74, 6) is 6.81. The van der Waals surface area contributed by atoms with Gasteiger partial charge < -0.3 is 9.47 Å². The van der Waals surface area contributed by atoms with E-state index in [1.807, 2.05) is 0 Å². The van der Waals surface area contributed by atoms with E-state index in [1.165, 1.54) is 14.2 Å². The molecule has 0 aliphatic heterocycles. The molecule has 0 aliphatic carbocycles. The first kappa shape index (κ1) is 12.6. The highest BCUT2D eigenvalue weighted by Crippen LogP contribution is 2.31. The second-order valence-electron chi connectivity index (χ2n) is 2.86. The minimum Gasteiger partial charge on any atom is -0.493 e. The van der Waals surface area contributed by atoms with E-state index in [-0.39, 0.29) is 0 Å². The number of ether oxygens (including phenoxy) is 2. The Morgan fingerprint density at radius 2 is 2.12 bits per heavy atom. The minimum atomic E-state index is 0.506. The number of hydrogen-bond donors (Lipinski definition) is 0. The van der Waals surface area contributed by atoms with Gasteiger partial charge in [0.1, 0.15) is 6.29 Å². The highest BCUT2D eigenvalue weighted by molar-refractivity contribution is 9.09. The van der Waals surface area contributed by atoms with Crippen molar-refractivity contribution in [2.45, 2.75) is 0 Å². The third kappa shape index (κ3) is 2.77. The Kier molecular flexibility index (Phi) is 4.87. The largest absolute Gasteiger partial charge is 0.493 e. The Labute approximate surface area is 103 Å². The predicted molar refractivity (Wildman–Crippen MR) is 65.6 cm³/mol. The molecule has 3 nitrogen and oxygen atoms in total. The number of rotatable bonds is 3. The van der Waals surface area contributed by atoms with Gasteiger partial charge in [0.15, 0.2) is 11.5 Å². The van der Waals surface area contributed by atoms with Crippen molar-refractivity contribution in [2.24, 2.45) is 0 Å². The lowest BCUT2D eigenvalue weighted by atomic mass is 10.1. The van der Waals surface area contributed by atoms with E-state index in [4.69, 9.17) is 9.47 Å². The van der Waals surface area contributed by atoms with Gasteiger partial charge in [0.05, 0.1) is 25.1 Å². The maximum Gasteiger partial charge on any atom is 0.176 e. The zero-order valence-corrected chi connectivity index (χ0v) is 10.6. The van der Waals surface area contributed by atoms with Gasteiger partial charge in [-0.1, -0.05) is 27.8 Å². The fourth-order valence-corrected chi connectivity index (χ4v) is 1.42. The third-order valence-corrected chi connectivity index (χ3v) is 2.21. The SMILES string of the molecule is COc1cc(C=O)cc(C#CCBr)c1OC. The van der Waals surface area contributed by atoms with E-state index in [0.717, 1.165) is 6.29 Å². The lowest BCUT2D eigenvalue weighted by Gasteiger charge is -2.10. The molecule has 0 spiro atoms. The number of benzene rings is 1. The number of alkyl halides is 1. The monoisotopic (exact) mass is 282 g/mol. The van der Waals surface area contributed by atoms with Gasteiger partial charge >= 0.3 is 0 Å². The normalized spacial score (nSPS) is 8.94. The van der Waals surface area contributed by atoms with Gasteiger partial charge in [-0.2, -0.15) is 0 Å². The molecule has 0 aliphatic rings. The minimum absolute atomic E-state index is 0.506. The van der Waals surface area contributed by atoms with Gasteiger partial charge in [-0.15, -0.1) is 0 Å². The van der Waals surface area contributed by atoms with Crippen LogP contribution in [0.4, 0.5) is 0 Å². The average molecular weight is 283 g/mol. The summed E-state index contributed by atoms with van der Waals surface area (Å²) < 4.78 is 10.3. The van der Waals surface area contributed by atoms with Crippen molar-refractivity contribution >= 4 is 22.2 Å². The van der Waals surface area contributed by atoms with E-state index in [2.05, 4.69) is 27.8 Å². The summed E-state index contributed by atoms with van der Waals surface area (Å²) in [4.78, 5) is 10.7. The molecular formula is C12H11BrO3. The van der Waals surface area contributed by atoms with E-state index in [9.17, 15) is 4.79 Å². The molecule has 4 heteroatoms. The first-order chi connectivity index (χ1) is 7.76. The average Bonchev–Trinajstić information content (AvgIpc) is 2.34. The molecule has 0 saturated heterocycles. The first-order valence-electron chi connectivity index (χ1n) is 4.52. The Balaban J connectivity index is 3.36. The van der Waals surface area contributed by atoms with Crippen LogP contribution in [0.5, 0.6) is 11.5 Å². The van der Waals surface area contributed by atoms with E-state index in [1.54, 1.807) is 12.1 Å². The highest BCUT2D eigenvalue weighted by Gasteiger charge is 2.10. The fourth-order valence-electron chi connectivity index (χ4n) is 1.28. The molecule has 0 N–H and O–H groups in total. The summed E-state index contributed by atoms with van der Waals surface area (Å²) in [5.41, 5.74) is 1.15. The molecule has 0 amide bonds. The molecule has 1 aromatic carbocycles. The maximum atomic E-state index is 10.7. The molecule has 1 aromatic rings. The lowest BCUT2D eigenvalue weighted by molar-refractivity contribution is 0.112. The first-order valence-corrected chi connectivity index (χ1v) is 5.65. The number of carbonyl (C=O) groups excluding carboxylic acids is 1. The van der Waals surface area contributed by atoms with Crippen molar-refractivity contribution in [3.63, 3.8) is 0 Å². The Hall–Kier alpha value is -1.47. The van der Waals surface area contributed by atoms with Crippen LogP contribution in [-0.4, -0.2) is 25.8 Å². The topological polar surface area (TPSA) is 35.5 Å². The number of halogens is 1. The third-order valence-electron chi connectivity index (χ3n) is 1.93. The van der Waals surface area contributed by atoms with Gasteiger partial charge in [0.2, 0.25) is 0 Å². The molecule has 16 heavy (non-hydrogen) atoms. The molecule has 1 rings (SSSR count). The number of carbonyl (C=O) groups is 1. The molecule has 0 atom stereocenters. The number of hydrogen-bond acceptors (Lipinski definition) is 3. The van der Waals surface area contributed by atoms with Crippen LogP contribution in [0.15, 0.2) is 12.1 Å². The van der Waals surface area contributed by atoms with Crippen LogP contribution in [0, 0.1) is 11.8 Å². The van der Waals surface area contributed by atoms with Gasteiger partial charge in [-0.05, 0) is 12.1 Å². The van der Waals surface area contributed by atoms with Gasteiger partial charge in [0.25, 0.3) is 0 Å². The van der Waals surface area contributed by atoms with Crippen LogP contribution in [0.1, 0.15) is 15.9 Å². The van der Waals surface area contributed by atoms with Crippen LogP contribution in [0.25, 0.3) is 0 Å². The van der Waals surface area contributed by atoms with Crippen molar-refractivity contribution in [2.75, 3.05) is 19.5 Å². The molecule has 0 unspecified atom stereocenters. The van der Waals surface area contributed by atoms with E-state index < -0.39 is 0 Å². The van der Waals surface area contributed by atoms with Crippen molar-refractivity contribution < 1.29 is 14.3 Å². The van der Waals surface area contributed by atoms with Crippen LogP contribution in [-0.2, 0) is 0 Å². The predicted octanol–water partition coefficient (Wildman–Crippen LogP) is 2.26. The van der Waals surface area contributed by atoms with Crippen molar-refractivity contribution in [1.82, 2.24) is 0 Å². The van der Waals surface area contributed by atoms with Gasteiger partial charge in [-0.3, -0.25) is 4.79 Å². The highest BCUT2D eigenvalue weighted by atomic mass is 79.9. The molecule has 0 radical (unpaired) electrons. The fraction of sp³-hybridized carbons (Fsp3) is 0.250. The second-order valence-corrected chi connectivity index (χ2v) is 3.42. The zero-order valence-electron chi connectivity index (χ0n) is 9.04. The summed E-state index contributed by atoms with van der Waals surface area (Å²) >= 11 is 3.21. The molecule has 0 heterocycles. The smallest absolute Gasteiger partial charge is 0.176 e. The summed E-state index contributed by atoms with van der Waals surface area (Å²) in [5, 5.41) is 0.559. The van der Waals surface area contributed by atoms with E-state index >= 15 is 0 Å². The van der Waals surface area contributed by atoms with Crippen LogP contribution >= 0.6 is 15.9 Å². The Bertz CT molecular complexity index is 444. The van der Waals surface area contributed by atoms with Gasteiger partial charge in [-0.25, -0.2) is 0 Å². The molecule has 0 fully saturated rings. The Morgan fingerprint density at radius 3 is 2.62 bits per heavy atom. The summed E-state index contributed by atoms with van der Waals surface area (Å²) in [6.07, 6.45) is 0.751. The summed E-state index contributed by atoms with van der Waals surface area (Å²) in [6, 6.07) is 3.29. The lowest BCUT2D eigenvalue weighted by Crippen LogP contribution is -1.96. The summed E-state index contributed by atoms with van der Waals surface area (Å²) in [7, 11) is 3.06. The van der Waals surface area contributed by atoms with Gasteiger partial charge in [0, 0.05) is 5.56 Å². The number of aldehydes is 1. The van der Waals surface area contributed by atoms with E-state index in [0.29, 0.717) is 28.0 Å². The van der Waals surface area contributed by atoms with Crippen molar-refractivity contribution in [1.29, 1.82) is 0 Å². The molecular weight excluding hydrogens is 272 g/mol. The van der Waals surface area contributed by atoms with Crippen LogP contribution in [0.3, 0.4) is 0 Å². The molecule has 84 valence electrons. The standard InChI is InChI=1S/C12H11BrO3/c1-15-11-7-9(8-14)6-10(4-3-5-13)12(11)16-2/h6-8H,5H2,1-2H3. The van der Waals surface area contributed by atoms with Crippen molar-refractivity contribution in [3.8, 4) is 23.3 Å². The number of methoxy groups -OCH3 is 2. The zero-order chi connectivity index (χ0) is 12.0. The van der Waals surface area contributed by atoms with Crippen molar-refractivity contribution in [3.05, 3.63) is 23.3 Å². The molecule has 0 bridgehead atoms. The maximum absolute atomic E-state index is 10.7. The van der Waals surface area contributed by atoms with Crippen LogP contribution in [0.2, 0.25) is 0 Å².